The van der Waals surface area contributed by atoms with E-state index in [9.17, 15) is 22.4 Å². The maximum Gasteiger partial charge on any atom is 0.332 e. The largest absolute Gasteiger partial charge is 0.464 e. The highest BCUT2D eigenvalue weighted by Gasteiger charge is 2.33. The average Bonchev–Trinajstić information content (AvgIpc) is 3.75. The molecule has 0 atom stereocenters. The van der Waals surface area contributed by atoms with Crippen molar-refractivity contribution in [2.45, 2.75) is 39.0 Å². The predicted molar refractivity (Wildman–Crippen MR) is 159 cm³/mol. The van der Waals surface area contributed by atoms with Gasteiger partial charge in [0, 0.05) is 23.4 Å². The van der Waals surface area contributed by atoms with E-state index in [0.717, 1.165) is 24.7 Å². The second kappa shape index (κ2) is 14.9. The van der Waals surface area contributed by atoms with E-state index in [4.69, 9.17) is 23.4 Å². The molecule has 0 amide bonds. The van der Waals surface area contributed by atoms with Gasteiger partial charge < -0.3 is 23.4 Å². The number of rotatable bonds is 18. The Bertz CT molecular complexity index is 1510. The van der Waals surface area contributed by atoms with Gasteiger partial charge in [0.05, 0.1) is 63.7 Å². The van der Waals surface area contributed by atoms with Gasteiger partial charge in [-0.1, -0.05) is 6.92 Å². The van der Waals surface area contributed by atoms with Crippen LogP contribution in [0.1, 0.15) is 54.9 Å². The Balaban J connectivity index is 1.48. The maximum atomic E-state index is 13.6. The van der Waals surface area contributed by atoms with Gasteiger partial charge >= 0.3 is 5.97 Å². The number of benzene rings is 2. The summed E-state index contributed by atoms with van der Waals surface area (Å²) in [7, 11) is -3.70. The zero-order valence-electron chi connectivity index (χ0n) is 24.7. The summed E-state index contributed by atoms with van der Waals surface area (Å²) in [6, 6.07) is 9.28. The molecule has 234 valence electrons. The Hall–Kier alpha value is -3.32. The Morgan fingerprint density at radius 3 is 2.23 bits per heavy atom. The molecule has 1 aliphatic carbocycles. The number of hydrogen-bond donors (Lipinski definition) is 0. The first-order valence-corrected chi connectivity index (χ1v) is 16.2. The number of nitrogens with zero attached hydrogens (tertiary/aromatic N) is 1. The second-order valence-electron chi connectivity index (χ2n) is 10.2. The van der Waals surface area contributed by atoms with E-state index < -0.39 is 21.8 Å². The minimum atomic E-state index is -3.70. The SMILES string of the molecule is CCOC(=O)COCCOCCOCCN(c1cc2oc(-c3ccc(F)cc3)c(C(=O)CC)c2cc1C1CC1)S(C)(=O)=O. The Labute approximate surface area is 251 Å². The molecule has 4 rings (SSSR count). The van der Waals surface area contributed by atoms with Crippen LogP contribution in [0.25, 0.3) is 22.3 Å². The van der Waals surface area contributed by atoms with Gasteiger partial charge in [-0.05, 0) is 61.6 Å². The van der Waals surface area contributed by atoms with E-state index in [1.807, 2.05) is 6.07 Å². The standard InChI is InChI=1S/C31H38FNO9S/c1-4-27(34)30-25-18-24(21-6-7-21)26(19-28(25)42-31(30)22-8-10-23(32)11-9-22)33(43(3,36)37)12-13-38-14-15-39-16-17-40-20-29(35)41-5-2/h8-11,18-19,21H,4-7,12-17,20H2,1-3H3. The van der Waals surface area contributed by atoms with Crippen LogP contribution in [-0.4, -0.2) is 79.2 Å². The molecule has 12 heteroatoms. The first-order valence-electron chi connectivity index (χ1n) is 14.4. The first kappa shape index (κ1) is 32.6. The molecule has 0 N–H and O–H groups in total. The van der Waals surface area contributed by atoms with Crippen molar-refractivity contribution in [3.8, 4) is 11.3 Å². The van der Waals surface area contributed by atoms with Crippen LogP contribution in [0.4, 0.5) is 10.1 Å². The number of fused-ring (bicyclic) bond motifs is 1. The van der Waals surface area contributed by atoms with Crippen LogP contribution >= 0.6 is 0 Å². The van der Waals surface area contributed by atoms with Crippen LogP contribution < -0.4 is 4.31 Å². The summed E-state index contributed by atoms with van der Waals surface area (Å²) in [6.07, 6.45) is 3.21. The number of Topliss-reactive ketones (excluding diaryl/α,β-unsaturated/α-hetero) is 1. The molecule has 0 bridgehead atoms. The van der Waals surface area contributed by atoms with Crippen molar-refractivity contribution in [3.63, 3.8) is 0 Å². The fourth-order valence-electron chi connectivity index (χ4n) is 4.75. The van der Waals surface area contributed by atoms with Crippen molar-refractivity contribution in [1.29, 1.82) is 0 Å². The van der Waals surface area contributed by atoms with E-state index in [-0.39, 0.29) is 64.3 Å². The summed E-state index contributed by atoms with van der Waals surface area (Å²) in [6.45, 7) is 4.86. The molecular weight excluding hydrogens is 581 g/mol. The van der Waals surface area contributed by atoms with Crippen LogP contribution in [0.2, 0.25) is 0 Å². The zero-order valence-corrected chi connectivity index (χ0v) is 25.5. The molecule has 10 nitrogen and oxygen atoms in total. The highest BCUT2D eigenvalue weighted by atomic mass is 32.2. The average molecular weight is 620 g/mol. The van der Waals surface area contributed by atoms with Crippen LogP contribution in [0.15, 0.2) is 40.8 Å². The smallest absolute Gasteiger partial charge is 0.332 e. The van der Waals surface area contributed by atoms with Crippen molar-refractivity contribution >= 4 is 38.4 Å². The first-order chi connectivity index (χ1) is 20.6. The molecule has 1 heterocycles. The van der Waals surface area contributed by atoms with Crippen molar-refractivity contribution in [2.24, 2.45) is 0 Å². The quantitative estimate of drug-likeness (QED) is 0.109. The molecule has 0 aliphatic heterocycles. The van der Waals surface area contributed by atoms with Crippen molar-refractivity contribution < 1.29 is 45.8 Å². The number of sulfonamides is 1. The number of anilines is 1. The van der Waals surface area contributed by atoms with Crippen LogP contribution in [0.3, 0.4) is 0 Å². The van der Waals surface area contributed by atoms with E-state index in [1.54, 1.807) is 32.0 Å². The van der Waals surface area contributed by atoms with Gasteiger partial charge in [0.25, 0.3) is 0 Å². The lowest BCUT2D eigenvalue weighted by Crippen LogP contribution is -2.34. The number of ether oxygens (including phenoxy) is 4. The summed E-state index contributed by atoms with van der Waals surface area (Å²) >= 11 is 0. The minimum Gasteiger partial charge on any atom is -0.464 e. The summed E-state index contributed by atoms with van der Waals surface area (Å²) in [5, 5.41) is 0.616. The number of halogens is 1. The number of esters is 1. The number of carbonyl (C=O) groups excluding carboxylic acids is 2. The fraction of sp³-hybridized carbons (Fsp3) is 0.484. The van der Waals surface area contributed by atoms with Gasteiger partial charge in [-0.15, -0.1) is 0 Å². The monoisotopic (exact) mass is 619 g/mol. The molecule has 0 radical (unpaired) electrons. The van der Waals surface area contributed by atoms with Crippen LogP contribution in [0, 0.1) is 5.82 Å². The molecule has 0 spiro atoms. The molecule has 1 aromatic heterocycles. The van der Waals surface area contributed by atoms with E-state index in [0.29, 0.717) is 40.2 Å². The van der Waals surface area contributed by atoms with Crippen molar-refractivity contribution in [1.82, 2.24) is 0 Å². The molecule has 0 saturated heterocycles. The third-order valence-corrected chi connectivity index (χ3v) is 8.12. The van der Waals surface area contributed by atoms with Gasteiger partial charge in [0.15, 0.2) is 5.78 Å². The summed E-state index contributed by atoms with van der Waals surface area (Å²) in [4.78, 5) is 24.3. The van der Waals surface area contributed by atoms with Crippen LogP contribution in [0.5, 0.6) is 0 Å². The lowest BCUT2D eigenvalue weighted by molar-refractivity contribution is -0.149. The van der Waals surface area contributed by atoms with Gasteiger partial charge in [-0.2, -0.15) is 0 Å². The van der Waals surface area contributed by atoms with Gasteiger partial charge in [-0.3, -0.25) is 9.10 Å². The number of hydrogen-bond acceptors (Lipinski definition) is 9. The molecule has 2 aromatic carbocycles. The highest BCUT2D eigenvalue weighted by molar-refractivity contribution is 7.92. The summed E-state index contributed by atoms with van der Waals surface area (Å²) < 4.78 is 68.1. The highest BCUT2D eigenvalue weighted by Crippen LogP contribution is 2.48. The molecule has 43 heavy (non-hydrogen) atoms. The minimum absolute atomic E-state index is 0.0684. The molecule has 1 aliphatic rings. The second-order valence-corrected chi connectivity index (χ2v) is 12.1. The Morgan fingerprint density at radius 1 is 0.977 bits per heavy atom. The normalized spacial score (nSPS) is 13.4. The molecule has 3 aromatic rings. The number of furan rings is 1. The van der Waals surface area contributed by atoms with Gasteiger partial charge in [0.1, 0.15) is 23.8 Å². The maximum absolute atomic E-state index is 13.6. The van der Waals surface area contributed by atoms with E-state index in [2.05, 4.69) is 0 Å². The summed E-state index contributed by atoms with van der Waals surface area (Å²) in [5.74, 6) is -0.451. The lowest BCUT2D eigenvalue weighted by Gasteiger charge is -2.25. The van der Waals surface area contributed by atoms with Crippen molar-refractivity contribution in [2.75, 3.05) is 63.4 Å². The molecular formula is C31H38FNO9S. The topological polar surface area (TPSA) is 122 Å². The van der Waals surface area contributed by atoms with Gasteiger partial charge in [0.2, 0.25) is 10.0 Å². The number of carbonyl (C=O) groups is 2. The lowest BCUT2D eigenvalue weighted by atomic mass is 9.97. The number of ketones is 1. The Morgan fingerprint density at radius 2 is 1.63 bits per heavy atom. The zero-order chi connectivity index (χ0) is 31.0. The van der Waals surface area contributed by atoms with Crippen molar-refractivity contribution in [3.05, 3.63) is 53.3 Å². The third kappa shape index (κ3) is 8.62. The molecule has 1 fully saturated rings. The van der Waals surface area contributed by atoms with Crippen LogP contribution in [-0.2, 0) is 33.8 Å². The third-order valence-electron chi connectivity index (χ3n) is 6.94. The summed E-state index contributed by atoms with van der Waals surface area (Å²) in [5.41, 5.74) is 2.68. The van der Waals surface area contributed by atoms with E-state index in [1.165, 1.54) is 16.4 Å². The van der Waals surface area contributed by atoms with Gasteiger partial charge in [-0.25, -0.2) is 17.6 Å². The molecule has 1 saturated carbocycles. The fourth-order valence-corrected chi connectivity index (χ4v) is 5.68. The predicted octanol–water partition coefficient (Wildman–Crippen LogP) is 5.09. The molecule has 0 unspecified atom stereocenters. The Kier molecular flexibility index (Phi) is 11.3. The van der Waals surface area contributed by atoms with E-state index >= 15 is 0 Å².